The number of halogens is 1. The number of aromatic nitrogens is 3. The number of fused-ring (bicyclic) bond motifs is 1. The number of hydrogen-bond donors (Lipinski definition) is 2. The normalized spacial score (nSPS) is 11.0. The van der Waals surface area contributed by atoms with Crippen LogP contribution in [0.4, 0.5) is 4.39 Å². The van der Waals surface area contributed by atoms with Gasteiger partial charge in [0.25, 0.3) is 5.56 Å². The van der Waals surface area contributed by atoms with Crippen molar-refractivity contribution in [3.63, 3.8) is 0 Å². The van der Waals surface area contributed by atoms with E-state index in [4.69, 9.17) is 5.11 Å². The van der Waals surface area contributed by atoms with E-state index in [0.29, 0.717) is 11.4 Å². The molecule has 2 heterocycles. The molecule has 0 radical (unpaired) electrons. The third-order valence-corrected chi connectivity index (χ3v) is 3.16. The molecule has 2 N–H and O–H groups in total. The fourth-order valence-electron chi connectivity index (χ4n) is 2.08. The number of rotatable bonds is 2. The second-order valence-electron chi connectivity index (χ2n) is 4.60. The smallest absolute Gasteiger partial charge is 0.338 e. The fourth-order valence-corrected chi connectivity index (χ4v) is 2.08. The zero-order chi connectivity index (χ0) is 15.1. The topological polar surface area (TPSA) is 88.0 Å². The first-order chi connectivity index (χ1) is 9.95. The van der Waals surface area contributed by atoms with E-state index in [9.17, 15) is 14.0 Å². The molecule has 2 aromatic heterocycles. The van der Waals surface area contributed by atoms with Gasteiger partial charge in [0.1, 0.15) is 17.2 Å². The summed E-state index contributed by atoms with van der Waals surface area (Å²) in [5, 5.41) is 9.09. The van der Waals surface area contributed by atoms with Crippen LogP contribution in [0.2, 0.25) is 0 Å². The highest BCUT2D eigenvalue weighted by Gasteiger charge is 2.15. The van der Waals surface area contributed by atoms with Crippen LogP contribution >= 0.6 is 0 Å². The molecule has 7 heteroatoms. The van der Waals surface area contributed by atoms with Crippen molar-refractivity contribution in [1.82, 2.24) is 14.5 Å². The van der Waals surface area contributed by atoms with E-state index in [0.717, 1.165) is 6.07 Å². The van der Waals surface area contributed by atoms with Crippen LogP contribution < -0.4 is 5.56 Å². The van der Waals surface area contributed by atoms with Crippen molar-refractivity contribution in [2.45, 2.75) is 0 Å². The molecule has 0 bridgehead atoms. The molecule has 106 valence electrons. The lowest BCUT2D eigenvalue weighted by atomic mass is 10.2. The summed E-state index contributed by atoms with van der Waals surface area (Å²) in [6, 6.07) is 5.11. The average Bonchev–Trinajstić information content (AvgIpc) is 2.84. The van der Waals surface area contributed by atoms with E-state index in [-0.39, 0.29) is 22.2 Å². The molecule has 1 aromatic carbocycles. The first-order valence-electron chi connectivity index (χ1n) is 6.05. The van der Waals surface area contributed by atoms with E-state index >= 15 is 0 Å². The van der Waals surface area contributed by atoms with Gasteiger partial charge in [-0.3, -0.25) is 4.79 Å². The summed E-state index contributed by atoms with van der Waals surface area (Å²) in [6.07, 6.45) is 1.57. The van der Waals surface area contributed by atoms with Gasteiger partial charge in [-0.15, -0.1) is 0 Å². The van der Waals surface area contributed by atoms with Crippen molar-refractivity contribution in [3.05, 3.63) is 52.2 Å². The third-order valence-electron chi connectivity index (χ3n) is 3.16. The number of benzene rings is 1. The van der Waals surface area contributed by atoms with Crippen molar-refractivity contribution >= 4 is 17.0 Å². The van der Waals surface area contributed by atoms with Crippen molar-refractivity contribution in [3.8, 4) is 11.4 Å². The monoisotopic (exact) mass is 287 g/mol. The second kappa shape index (κ2) is 4.55. The fraction of sp³-hybridized carbons (Fsp3) is 0.0714. The van der Waals surface area contributed by atoms with E-state index in [1.165, 1.54) is 16.7 Å². The number of aromatic amines is 1. The van der Waals surface area contributed by atoms with E-state index in [2.05, 4.69) is 9.97 Å². The number of H-pyrrole nitrogens is 1. The Morgan fingerprint density at radius 2 is 2.14 bits per heavy atom. The number of aromatic carboxylic acids is 1. The van der Waals surface area contributed by atoms with Gasteiger partial charge in [0.2, 0.25) is 0 Å². The van der Waals surface area contributed by atoms with Gasteiger partial charge in [0, 0.05) is 24.9 Å². The largest absolute Gasteiger partial charge is 0.478 e. The summed E-state index contributed by atoms with van der Waals surface area (Å²) < 4.78 is 14.8. The summed E-state index contributed by atoms with van der Waals surface area (Å²) in [6.45, 7) is 0. The molecule has 0 aliphatic carbocycles. The molecule has 3 aromatic rings. The quantitative estimate of drug-likeness (QED) is 0.751. The molecule has 0 atom stereocenters. The summed E-state index contributed by atoms with van der Waals surface area (Å²) >= 11 is 0. The van der Waals surface area contributed by atoms with E-state index in [1.807, 2.05) is 0 Å². The number of pyridine rings is 1. The number of nitrogens with zero attached hydrogens (tertiary/aromatic N) is 2. The highest BCUT2D eigenvalue weighted by molar-refractivity contribution is 6.01. The first-order valence-corrected chi connectivity index (χ1v) is 6.05. The highest BCUT2D eigenvalue weighted by atomic mass is 19.1. The van der Waals surface area contributed by atoms with Crippen LogP contribution in [0.1, 0.15) is 10.4 Å². The minimum absolute atomic E-state index is 0.152. The van der Waals surface area contributed by atoms with Crippen LogP contribution in [-0.4, -0.2) is 25.6 Å². The van der Waals surface area contributed by atoms with Crippen LogP contribution in [0.25, 0.3) is 22.4 Å². The lowest BCUT2D eigenvalue weighted by Gasteiger charge is -1.98. The Balaban J connectivity index is 2.25. The molecule has 21 heavy (non-hydrogen) atoms. The number of nitrogens with one attached hydrogen (secondary N) is 1. The predicted molar refractivity (Wildman–Crippen MR) is 73.7 cm³/mol. The average molecular weight is 287 g/mol. The maximum absolute atomic E-state index is 13.4. The number of carboxylic acids is 1. The molecule has 0 unspecified atom stereocenters. The van der Waals surface area contributed by atoms with Crippen molar-refractivity contribution in [2.75, 3.05) is 0 Å². The van der Waals surface area contributed by atoms with Gasteiger partial charge in [0.15, 0.2) is 0 Å². The van der Waals surface area contributed by atoms with Crippen LogP contribution in [0, 0.1) is 5.82 Å². The minimum atomic E-state index is -1.26. The summed E-state index contributed by atoms with van der Waals surface area (Å²) in [5.41, 5.74) is 0.475. The molecule has 0 saturated heterocycles. The zero-order valence-corrected chi connectivity index (χ0v) is 10.9. The molecular formula is C14H10FN3O3. The highest BCUT2D eigenvalue weighted by Crippen LogP contribution is 2.23. The van der Waals surface area contributed by atoms with Gasteiger partial charge in [0.05, 0.1) is 11.1 Å². The predicted octanol–water partition coefficient (Wildman–Crippen LogP) is 1.77. The molecule has 0 aliphatic rings. The molecule has 0 fully saturated rings. The van der Waals surface area contributed by atoms with E-state index < -0.39 is 11.8 Å². The van der Waals surface area contributed by atoms with Gasteiger partial charge in [-0.25, -0.2) is 14.2 Å². The van der Waals surface area contributed by atoms with Gasteiger partial charge in [-0.1, -0.05) is 0 Å². The lowest BCUT2D eigenvalue weighted by molar-refractivity contribution is 0.0698. The molecule has 6 nitrogen and oxygen atoms in total. The minimum Gasteiger partial charge on any atom is -0.478 e. The molecule has 3 rings (SSSR count). The Kier molecular flexibility index (Phi) is 2.83. The number of carboxylic acid groups (broad SMARTS) is 1. The Morgan fingerprint density at radius 1 is 1.38 bits per heavy atom. The van der Waals surface area contributed by atoms with Gasteiger partial charge >= 0.3 is 5.97 Å². The first kappa shape index (κ1) is 13.0. The maximum Gasteiger partial charge on any atom is 0.338 e. The van der Waals surface area contributed by atoms with Crippen molar-refractivity contribution in [2.24, 2.45) is 7.05 Å². The van der Waals surface area contributed by atoms with Crippen LogP contribution in [-0.2, 0) is 7.05 Å². The van der Waals surface area contributed by atoms with Crippen molar-refractivity contribution in [1.29, 1.82) is 0 Å². The molecule has 0 saturated carbocycles. The SMILES string of the molecule is Cn1ccc(-c2nc3c(C(=O)O)cc(F)cc3[nH]2)cc1=O. The van der Waals surface area contributed by atoms with Crippen LogP contribution in [0.3, 0.4) is 0 Å². The zero-order valence-electron chi connectivity index (χ0n) is 10.9. The summed E-state index contributed by atoms with van der Waals surface area (Å²) in [7, 11) is 1.61. The number of carbonyl (C=O) groups is 1. The molecule has 0 spiro atoms. The van der Waals surface area contributed by atoms with Crippen LogP contribution in [0.15, 0.2) is 35.3 Å². The van der Waals surface area contributed by atoms with Gasteiger partial charge in [-0.2, -0.15) is 0 Å². The Bertz CT molecular complexity index is 927. The Labute approximate surface area is 117 Å². The Morgan fingerprint density at radius 3 is 2.81 bits per heavy atom. The lowest BCUT2D eigenvalue weighted by Crippen LogP contribution is -2.14. The van der Waals surface area contributed by atoms with Crippen molar-refractivity contribution < 1.29 is 14.3 Å². The van der Waals surface area contributed by atoms with Gasteiger partial charge < -0.3 is 14.7 Å². The second-order valence-corrected chi connectivity index (χ2v) is 4.60. The van der Waals surface area contributed by atoms with Crippen LogP contribution in [0.5, 0.6) is 0 Å². The Hall–Kier alpha value is -2.96. The standard InChI is InChI=1S/C14H10FN3O3/c1-18-3-2-7(4-11(18)19)13-16-10-6-8(15)5-9(14(20)21)12(10)17-13/h2-6H,1H3,(H,16,17)(H,20,21). The van der Waals surface area contributed by atoms with E-state index in [1.54, 1.807) is 19.3 Å². The maximum atomic E-state index is 13.4. The number of imidazole rings is 1. The molecular weight excluding hydrogens is 277 g/mol. The summed E-state index contributed by atoms with van der Waals surface area (Å²) in [5.74, 6) is -1.61. The third kappa shape index (κ3) is 2.18. The number of aryl methyl sites for hydroxylation is 1. The number of hydrogen-bond acceptors (Lipinski definition) is 3. The summed E-state index contributed by atoms with van der Waals surface area (Å²) in [4.78, 5) is 29.8. The van der Waals surface area contributed by atoms with Gasteiger partial charge in [-0.05, 0) is 18.2 Å². The molecule has 0 aliphatic heterocycles. The molecule has 0 amide bonds.